The van der Waals surface area contributed by atoms with Crippen LogP contribution in [0.5, 0.6) is 5.75 Å². The predicted molar refractivity (Wildman–Crippen MR) is 154 cm³/mol. The number of thiophene rings is 1. The number of nitrogens with one attached hydrogen (secondary N) is 2. The highest BCUT2D eigenvalue weighted by atomic mass is 32.2. The Morgan fingerprint density at radius 3 is 2.57 bits per heavy atom. The maximum atomic E-state index is 12.4. The van der Waals surface area contributed by atoms with Gasteiger partial charge >= 0.3 is 0 Å². The lowest BCUT2D eigenvalue weighted by molar-refractivity contribution is -0.121. The van der Waals surface area contributed by atoms with Gasteiger partial charge < -0.3 is 10.1 Å². The molecule has 0 saturated carbocycles. The molecule has 0 aliphatic carbocycles. The van der Waals surface area contributed by atoms with Crippen molar-refractivity contribution in [2.24, 2.45) is 0 Å². The number of nitrogens with zero attached hydrogens (tertiary/aromatic N) is 2. The molecule has 9 heteroatoms. The number of ether oxygens (including phenoxy) is 1. The lowest BCUT2D eigenvalue weighted by Crippen LogP contribution is -2.37. The van der Waals surface area contributed by atoms with Crippen LogP contribution in [0.25, 0.3) is 21.3 Å². The number of hydrogen-bond acceptors (Lipinski definition) is 7. The fourth-order valence-corrected chi connectivity index (χ4v) is 5.81. The van der Waals surface area contributed by atoms with Crippen molar-refractivity contribution < 1.29 is 9.53 Å². The van der Waals surface area contributed by atoms with Crippen LogP contribution in [0.1, 0.15) is 5.56 Å². The van der Waals surface area contributed by atoms with E-state index in [0.717, 1.165) is 42.5 Å². The summed E-state index contributed by atoms with van der Waals surface area (Å²) in [5.41, 5.74) is 4.11. The van der Waals surface area contributed by atoms with Gasteiger partial charge in [-0.15, -0.1) is 11.3 Å². The molecule has 0 bridgehead atoms. The Hall–Kier alpha value is -3.79. The third-order valence-corrected chi connectivity index (χ3v) is 7.58. The Kier molecular flexibility index (Phi) is 7.74. The van der Waals surface area contributed by atoms with Crippen LogP contribution in [0.15, 0.2) is 100 Å². The molecule has 5 rings (SSSR count). The number of carbonyl (C=O) groups excluding carboxylic acids is 1. The van der Waals surface area contributed by atoms with Crippen LogP contribution in [0.3, 0.4) is 0 Å². The number of amides is 1. The summed E-state index contributed by atoms with van der Waals surface area (Å²) in [5.74, 6) is 0.285. The number of fused-ring (bicyclic) bond motifs is 1. The molecule has 1 amide bonds. The van der Waals surface area contributed by atoms with Gasteiger partial charge in [-0.3, -0.25) is 10.1 Å². The molecular weight excluding hydrogens is 521 g/mol. The van der Waals surface area contributed by atoms with E-state index in [-0.39, 0.29) is 17.6 Å². The number of aryl methyl sites for hydroxylation is 1. The van der Waals surface area contributed by atoms with Crippen LogP contribution in [-0.4, -0.2) is 27.6 Å². The number of benzene rings is 3. The number of anilines is 1. The maximum absolute atomic E-state index is 12.4. The maximum Gasteiger partial charge on any atom is 0.264 e. The summed E-state index contributed by atoms with van der Waals surface area (Å²) in [6.45, 7) is 1.85. The highest BCUT2D eigenvalue weighted by Crippen LogP contribution is 2.41. The molecule has 37 heavy (non-hydrogen) atoms. The lowest BCUT2D eigenvalue weighted by atomic mass is 10.1. The number of aromatic nitrogens is 2. The van der Waals surface area contributed by atoms with Gasteiger partial charge in [-0.25, -0.2) is 9.97 Å². The fraction of sp³-hybridized carbons (Fsp3) is 0.0714. The highest BCUT2D eigenvalue weighted by Gasteiger charge is 2.16. The molecule has 0 aliphatic rings. The Morgan fingerprint density at radius 2 is 1.76 bits per heavy atom. The summed E-state index contributed by atoms with van der Waals surface area (Å²) in [7, 11) is 0. The molecule has 0 atom stereocenters. The van der Waals surface area contributed by atoms with Crippen molar-refractivity contribution in [1.29, 1.82) is 0 Å². The Balaban J connectivity index is 1.30. The van der Waals surface area contributed by atoms with Crippen molar-refractivity contribution in [3.8, 4) is 16.9 Å². The zero-order valence-corrected chi connectivity index (χ0v) is 22.3. The molecule has 6 nitrogen and oxygen atoms in total. The Labute approximate surface area is 228 Å². The van der Waals surface area contributed by atoms with E-state index in [0.29, 0.717) is 5.75 Å². The van der Waals surface area contributed by atoms with Crippen molar-refractivity contribution in [3.63, 3.8) is 0 Å². The van der Waals surface area contributed by atoms with Crippen LogP contribution in [0, 0.1) is 6.92 Å². The van der Waals surface area contributed by atoms with E-state index in [1.807, 2.05) is 73.7 Å². The molecule has 5 aromatic rings. The Morgan fingerprint density at radius 1 is 1.00 bits per heavy atom. The SMILES string of the molecule is Cc1ccc(OCC(=O)NC(=S)Nc2ccccc2Sc2ncnc3scc(-c4ccccc4)c23)cc1. The standard InChI is InChI=1S/C28H22N4O2S3/c1-18-11-13-20(14-12-18)34-15-24(33)32-28(35)31-22-9-5-6-10-23(22)37-27-25-21(19-7-3-2-4-8-19)16-36-26(25)29-17-30-27/h2-14,16-17H,15H2,1H3,(H2,31,32,33,35). The summed E-state index contributed by atoms with van der Waals surface area (Å²) in [6.07, 6.45) is 1.59. The van der Waals surface area contributed by atoms with E-state index < -0.39 is 0 Å². The van der Waals surface area contributed by atoms with Gasteiger partial charge in [0.1, 0.15) is 21.9 Å². The average molecular weight is 543 g/mol. The van der Waals surface area contributed by atoms with Crippen molar-refractivity contribution in [1.82, 2.24) is 15.3 Å². The van der Waals surface area contributed by atoms with E-state index in [1.54, 1.807) is 17.7 Å². The summed E-state index contributed by atoms with van der Waals surface area (Å²) in [5, 5.41) is 9.99. The van der Waals surface area contributed by atoms with Gasteiger partial charge in [0.05, 0.1) is 11.1 Å². The number of hydrogen-bond donors (Lipinski definition) is 2. The third-order valence-electron chi connectivity index (χ3n) is 5.41. The van der Waals surface area contributed by atoms with Gasteiger partial charge in [0.25, 0.3) is 5.91 Å². The largest absolute Gasteiger partial charge is 0.484 e. The molecule has 3 aromatic carbocycles. The summed E-state index contributed by atoms with van der Waals surface area (Å²) >= 11 is 8.52. The van der Waals surface area contributed by atoms with E-state index in [9.17, 15) is 4.79 Å². The molecule has 2 aromatic heterocycles. The second kappa shape index (κ2) is 11.5. The topological polar surface area (TPSA) is 76.1 Å². The van der Waals surface area contributed by atoms with Crippen LogP contribution in [0.4, 0.5) is 5.69 Å². The molecule has 0 radical (unpaired) electrons. The molecule has 0 fully saturated rings. The van der Waals surface area contributed by atoms with Gasteiger partial charge in [-0.05, 0) is 49.0 Å². The quantitative estimate of drug-likeness (QED) is 0.175. The Bertz CT molecular complexity index is 1550. The van der Waals surface area contributed by atoms with E-state index in [1.165, 1.54) is 11.8 Å². The molecule has 2 N–H and O–H groups in total. The van der Waals surface area contributed by atoms with Crippen molar-refractivity contribution in [2.45, 2.75) is 16.8 Å². The minimum Gasteiger partial charge on any atom is -0.484 e. The minimum atomic E-state index is -0.341. The number of rotatable bonds is 7. The normalized spacial score (nSPS) is 10.7. The van der Waals surface area contributed by atoms with E-state index >= 15 is 0 Å². The van der Waals surface area contributed by atoms with Crippen molar-refractivity contribution in [2.75, 3.05) is 11.9 Å². The summed E-state index contributed by atoms with van der Waals surface area (Å²) in [4.78, 5) is 23.3. The van der Waals surface area contributed by atoms with Gasteiger partial charge in [-0.1, -0.05) is 71.9 Å². The minimum absolute atomic E-state index is 0.138. The van der Waals surface area contributed by atoms with E-state index in [2.05, 4.69) is 38.1 Å². The van der Waals surface area contributed by atoms with Crippen LogP contribution >= 0.6 is 35.3 Å². The van der Waals surface area contributed by atoms with Gasteiger partial charge in [0.15, 0.2) is 11.7 Å². The van der Waals surface area contributed by atoms with Crippen LogP contribution in [0.2, 0.25) is 0 Å². The molecule has 0 saturated heterocycles. The first-order chi connectivity index (χ1) is 18.1. The summed E-state index contributed by atoms with van der Waals surface area (Å²) in [6, 6.07) is 25.5. The second-order valence-electron chi connectivity index (χ2n) is 8.08. The van der Waals surface area contributed by atoms with Gasteiger partial charge in [0.2, 0.25) is 0 Å². The number of para-hydroxylation sites is 1. The first-order valence-corrected chi connectivity index (χ1v) is 13.5. The fourth-order valence-electron chi connectivity index (χ4n) is 3.62. The van der Waals surface area contributed by atoms with Gasteiger partial charge in [0, 0.05) is 15.8 Å². The molecule has 2 heterocycles. The zero-order chi connectivity index (χ0) is 25.6. The molecule has 0 aliphatic heterocycles. The molecule has 0 spiro atoms. The zero-order valence-electron chi connectivity index (χ0n) is 19.8. The molecule has 184 valence electrons. The number of carbonyl (C=O) groups is 1. The van der Waals surface area contributed by atoms with Gasteiger partial charge in [-0.2, -0.15) is 0 Å². The van der Waals surface area contributed by atoms with Crippen molar-refractivity contribution >= 4 is 62.2 Å². The van der Waals surface area contributed by atoms with E-state index in [4.69, 9.17) is 17.0 Å². The molecule has 0 unspecified atom stereocenters. The second-order valence-corrected chi connectivity index (χ2v) is 10.4. The number of thiocarbonyl (C=S) groups is 1. The monoisotopic (exact) mass is 542 g/mol. The summed E-state index contributed by atoms with van der Waals surface area (Å²) < 4.78 is 5.54. The third kappa shape index (κ3) is 6.14. The average Bonchev–Trinajstić information content (AvgIpc) is 3.35. The van der Waals surface area contributed by atoms with Crippen LogP contribution in [-0.2, 0) is 4.79 Å². The highest BCUT2D eigenvalue weighted by molar-refractivity contribution is 7.99. The first-order valence-electron chi connectivity index (χ1n) is 11.4. The predicted octanol–water partition coefficient (Wildman–Crippen LogP) is 6.71. The lowest BCUT2D eigenvalue weighted by Gasteiger charge is -2.14. The smallest absolute Gasteiger partial charge is 0.264 e. The van der Waals surface area contributed by atoms with Crippen molar-refractivity contribution in [3.05, 3.63) is 96.1 Å². The van der Waals surface area contributed by atoms with Crippen LogP contribution < -0.4 is 15.4 Å². The molecular formula is C28H22N4O2S3. The first kappa shape index (κ1) is 24.9.